The minimum absolute atomic E-state index is 0.219. The van der Waals surface area contributed by atoms with Gasteiger partial charge in [-0.15, -0.1) is 0 Å². The van der Waals surface area contributed by atoms with Crippen LogP contribution in [0.1, 0.15) is 48.3 Å². The van der Waals surface area contributed by atoms with E-state index in [1.54, 1.807) is 45.9 Å². The Kier molecular flexibility index (Phi) is 5.93. The normalized spacial score (nSPS) is 12.5. The predicted molar refractivity (Wildman–Crippen MR) is 83.7 cm³/mol. The number of esters is 1. The number of amides is 1. The summed E-state index contributed by atoms with van der Waals surface area (Å²) in [6.07, 6.45) is -0.530. The molecule has 0 aromatic heterocycles. The van der Waals surface area contributed by atoms with Crippen LogP contribution < -0.4 is 11.1 Å². The fourth-order valence-corrected chi connectivity index (χ4v) is 1.97. The van der Waals surface area contributed by atoms with E-state index in [4.69, 9.17) is 15.2 Å². The van der Waals surface area contributed by atoms with Crippen LogP contribution in [0.2, 0.25) is 0 Å². The third-order valence-electron chi connectivity index (χ3n) is 2.98. The highest BCUT2D eigenvalue weighted by molar-refractivity contribution is 5.91. The molecule has 22 heavy (non-hydrogen) atoms. The van der Waals surface area contributed by atoms with Gasteiger partial charge in [0.05, 0.1) is 18.7 Å². The molecule has 0 aliphatic carbocycles. The van der Waals surface area contributed by atoms with Gasteiger partial charge in [0.25, 0.3) is 0 Å². The van der Waals surface area contributed by atoms with Gasteiger partial charge < -0.3 is 20.5 Å². The second kappa shape index (κ2) is 7.26. The molecule has 1 aromatic rings. The number of nitrogens with two attached hydrogens (primary N) is 1. The lowest BCUT2D eigenvalue weighted by molar-refractivity contribution is 0.0503. The number of carbonyl (C=O) groups excluding carboxylic acids is 2. The lowest BCUT2D eigenvalue weighted by Crippen LogP contribution is -2.37. The lowest BCUT2D eigenvalue weighted by atomic mass is 10.0. The summed E-state index contributed by atoms with van der Waals surface area (Å²) in [6.45, 7) is 7.39. The van der Waals surface area contributed by atoms with Crippen LogP contribution in [0.15, 0.2) is 18.2 Å². The topological polar surface area (TPSA) is 90.6 Å². The molecular formula is C16H24N2O4. The van der Waals surface area contributed by atoms with Gasteiger partial charge in [0.1, 0.15) is 5.60 Å². The molecule has 1 atom stereocenters. The van der Waals surface area contributed by atoms with Crippen molar-refractivity contribution in [1.29, 1.82) is 0 Å². The van der Waals surface area contributed by atoms with Crippen molar-refractivity contribution in [2.45, 2.75) is 39.3 Å². The lowest BCUT2D eigenvalue weighted by Gasteiger charge is -2.23. The van der Waals surface area contributed by atoms with E-state index in [0.29, 0.717) is 5.56 Å². The first-order chi connectivity index (χ1) is 10.2. The van der Waals surface area contributed by atoms with Crippen molar-refractivity contribution in [1.82, 2.24) is 5.32 Å². The number of nitrogens with one attached hydrogen (secondary N) is 1. The molecule has 1 aromatic carbocycles. The maximum atomic E-state index is 11.8. The summed E-state index contributed by atoms with van der Waals surface area (Å²) in [4.78, 5) is 23.4. The van der Waals surface area contributed by atoms with Gasteiger partial charge in [0, 0.05) is 6.54 Å². The molecular weight excluding hydrogens is 284 g/mol. The van der Waals surface area contributed by atoms with Crippen molar-refractivity contribution in [3.63, 3.8) is 0 Å². The monoisotopic (exact) mass is 308 g/mol. The number of benzene rings is 1. The number of hydrogen-bond donors (Lipinski definition) is 2. The van der Waals surface area contributed by atoms with Crippen LogP contribution in [-0.4, -0.2) is 31.3 Å². The third-order valence-corrected chi connectivity index (χ3v) is 2.98. The number of methoxy groups -OCH3 is 1. The average molecular weight is 308 g/mol. The Morgan fingerprint density at radius 1 is 1.32 bits per heavy atom. The van der Waals surface area contributed by atoms with E-state index in [1.807, 2.05) is 0 Å². The maximum Gasteiger partial charge on any atom is 0.408 e. The van der Waals surface area contributed by atoms with Gasteiger partial charge in [-0.05, 0) is 44.9 Å². The highest BCUT2D eigenvalue weighted by Gasteiger charge is 2.20. The summed E-state index contributed by atoms with van der Waals surface area (Å²) < 4.78 is 9.93. The summed E-state index contributed by atoms with van der Waals surface area (Å²) in [5.41, 5.74) is 7.20. The number of hydrogen-bond acceptors (Lipinski definition) is 5. The molecule has 0 bridgehead atoms. The predicted octanol–water partition coefficient (Wildman–Crippen LogP) is 2.31. The van der Waals surface area contributed by atoms with Crippen LogP contribution in [0.5, 0.6) is 0 Å². The Morgan fingerprint density at radius 2 is 1.95 bits per heavy atom. The number of aryl methyl sites for hydroxylation is 1. The van der Waals surface area contributed by atoms with E-state index in [0.717, 1.165) is 11.1 Å². The molecule has 0 saturated carbocycles. The zero-order chi connectivity index (χ0) is 16.9. The summed E-state index contributed by atoms with van der Waals surface area (Å²) in [7, 11) is 1.34. The molecule has 0 saturated heterocycles. The largest absolute Gasteiger partial charge is 0.465 e. The van der Waals surface area contributed by atoms with Crippen molar-refractivity contribution >= 4 is 12.1 Å². The minimum atomic E-state index is -0.576. The van der Waals surface area contributed by atoms with Crippen LogP contribution in [0.4, 0.5) is 4.79 Å². The number of ether oxygens (including phenoxy) is 2. The Hall–Kier alpha value is -2.08. The van der Waals surface area contributed by atoms with Crippen LogP contribution in [0.3, 0.4) is 0 Å². The van der Waals surface area contributed by atoms with Crippen LogP contribution >= 0.6 is 0 Å². The molecule has 1 amide bonds. The van der Waals surface area contributed by atoms with E-state index in [2.05, 4.69) is 5.32 Å². The zero-order valence-electron chi connectivity index (χ0n) is 13.7. The highest BCUT2D eigenvalue weighted by Crippen LogP contribution is 2.18. The standard InChI is InChI=1S/C16H24N2O4/c1-10-8-11(6-7-12(10)14(19)21-5)13(9-17)18-15(20)22-16(2,3)4/h6-8,13H,9,17H2,1-5H3,(H,18,20). The van der Waals surface area contributed by atoms with Gasteiger partial charge in [-0.25, -0.2) is 9.59 Å². The van der Waals surface area contributed by atoms with Gasteiger partial charge in [-0.2, -0.15) is 0 Å². The number of rotatable bonds is 4. The van der Waals surface area contributed by atoms with Gasteiger partial charge >= 0.3 is 12.1 Å². The van der Waals surface area contributed by atoms with Crippen LogP contribution in [0.25, 0.3) is 0 Å². The molecule has 0 spiro atoms. The smallest absolute Gasteiger partial charge is 0.408 e. The van der Waals surface area contributed by atoms with Gasteiger partial charge in [0.2, 0.25) is 0 Å². The second-order valence-corrected chi connectivity index (χ2v) is 6.00. The van der Waals surface area contributed by atoms with E-state index >= 15 is 0 Å². The molecule has 0 radical (unpaired) electrons. The van der Waals surface area contributed by atoms with Crippen molar-refractivity contribution in [2.75, 3.05) is 13.7 Å². The number of carbonyl (C=O) groups is 2. The third kappa shape index (κ3) is 5.04. The maximum absolute atomic E-state index is 11.8. The Morgan fingerprint density at radius 3 is 2.41 bits per heavy atom. The van der Waals surface area contributed by atoms with Crippen molar-refractivity contribution in [3.05, 3.63) is 34.9 Å². The first kappa shape index (κ1) is 18.0. The van der Waals surface area contributed by atoms with E-state index in [9.17, 15) is 9.59 Å². The molecule has 0 aliphatic rings. The Bertz CT molecular complexity index is 550. The molecule has 6 nitrogen and oxygen atoms in total. The van der Waals surface area contributed by atoms with Gasteiger partial charge in [-0.3, -0.25) is 0 Å². The van der Waals surface area contributed by atoms with Crippen molar-refractivity contribution in [2.24, 2.45) is 5.73 Å². The first-order valence-corrected chi connectivity index (χ1v) is 7.06. The van der Waals surface area contributed by atoms with Crippen molar-refractivity contribution < 1.29 is 19.1 Å². The van der Waals surface area contributed by atoms with Gasteiger partial charge in [0.15, 0.2) is 0 Å². The Balaban J connectivity index is 2.90. The molecule has 1 unspecified atom stereocenters. The average Bonchev–Trinajstić information content (AvgIpc) is 2.41. The van der Waals surface area contributed by atoms with E-state index in [-0.39, 0.29) is 12.6 Å². The van der Waals surface area contributed by atoms with E-state index in [1.165, 1.54) is 7.11 Å². The summed E-state index contributed by atoms with van der Waals surface area (Å²) in [6, 6.07) is 4.82. The van der Waals surface area contributed by atoms with Crippen molar-refractivity contribution in [3.8, 4) is 0 Å². The highest BCUT2D eigenvalue weighted by atomic mass is 16.6. The molecule has 1 rings (SSSR count). The first-order valence-electron chi connectivity index (χ1n) is 7.06. The van der Waals surface area contributed by atoms with Crippen LogP contribution in [0, 0.1) is 6.92 Å². The Labute approximate surface area is 131 Å². The SMILES string of the molecule is COC(=O)c1ccc(C(CN)NC(=O)OC(C)(C)C)cc1C. The molecule has 6 heteroatoms. The van der Waals surface area contributed by atoms with Crippen LogP contribution in [-0.2, 0) is 9.47 Å². The quantitative estimate of drug-likeness (QED) is 0.833. The number of alkyl carbamates (subject to hydrolysis) is 1. The minimum Gasteiger partial charge on any atom is -0.465 e. The molecule has 0 heterocycles. The summed E-state index contributed by atoms with van der Waals surface area (Å²) in [5.74, 6) is -0.395. The van der Waals surface area contributed by atoms with E-state index < -0.39 is 17.7 Å². The fourth-order valence-electron chi connectivity index (χ4n) is 1.97. The fraction of sp³-hybridized carbons (Fsp3) is 0.500. The molecule has 122 valence electrons. The summed E-state index contributed by atoms with van der Waals surface area (Å²) >= 11 is 0. The molecule has 0 fully saturated rings. The second-order valence-electron chi connectivity index (χ2n) is 6.00. The molecule has 3 N–H and O–H groups in total. The molecule has 0 aliphatic heterocycles. The van der Waals surface area contributed by atoms with Gasteiger partial charge in [-0.1, -0.05) is 12.1 Å². The summed E-state index contributed by atoms with van der Waals surface area (Å²) in [5, 5.41) is 2.73. The zero-order valence-corrected chi connectivity index (χ0v) is 13.7.